The molecule has 0 bridgehead atoms. The summed E-state index contributed by atoms with van der Waals surface area (Å²) in [5.74, 6) is -3.20. The van der Waals surface area contributed by atoms with Gasteiger partial charge in [-0.05, 0) is 31.0 Å². The molecule has 2 atom stereocenters. The highest BCUT2D eigenvalue weighted by Crippen LogP contribution is 2.52. The van der Waals surface area contributed by atoms with Crippen molar-refractivity contribution in [2.24, 2.45) is 13.0 Å². The number of carbonyl (C=O) groups excluding carboxylic acids is 1. The smallest absolute Gasteiger partial charge is 0.415 e. The molecule has 1 aromatic carbocycles. The molecule has 0 spiro atoms. The van der Waals surface area contributed by atoms with Crippen LogP contribution in [0.15, 0.2) is 35.5 Å². The largest absolute Gasteiger partial charge is 0.477 e. The number of hydrogen-bond donors (Lipinski definition) is 1. The Morgan fingerprint density at radius 3 is 2.67 bits per heavy atom. The molecule has 0 saturated carbocycles. The molecular weight excluding hydrogens is 622 g/mol. The van der Waals surface area contributed by atoms with Crippen molar-refractivity contribution in [1.29, 1.82) is 0 Å². The number of aromatic carboxylic acids is 1. The Labute approximate surface area is 266 Å². The van der Waals surface area contributed by atoms with Gasteiger partial charge in [0.15, 0.2) is 17.7 Å². The molecule has 5 heterocycles. The minimum Gasteiger partial charge on any atom is -0.477 e. The lowest BCUT2D eigenvalue weighted by atomic mass is 9.96. The first kappa shape index (κ1) is 30.1. The van der Waals surface area contributed by atoms with E-state index in [1.807, 2.05) is 7.05 Å². The Morgan fingerprint density at radius 2 is 1.93 bits per heavy atom. The first-order chi connectivity index (χ1) is 22.0. The summed E-state index contributed by atoms with van der Waals surface area (Å²) in [6.07, 6.45) is 4.63. The first-order valence-electron chi connectivity index (χ1n) is 14.7. The van der Waals surface area contributed by atoms with Crippen LogP contribution in [0.5, 0.6) is 0 Å². The molecule has 3 aromatic heterocycles. The zero-order valence-electron chi connectivity index (χ0n) is 25.2. The number of carboxylic acid groups (broad SMARTS) is 1. The number of ether oxygens (including phenoxy) is 1. The van der Waals surface area contributed by atoms with E-state index in [0.29, 0.717) is 51.7 Å². The number of anilines is 2. The normalized spacial score (nSPS) is 18.5. The summed E-state index contributed by atoms with van der Waals surface area (Å²) in [7, 11) is 5.05. The van der Waals surface area contributed by atoms with Gasteiger partial charge < -0.3 is 24.2 Å². The monoisotopic (exact) mass is 650 g/mol. The highest BCUT2D eigenvalue weighted by Gasteiger charge is 2.44. The number of aromatic nitrogens is 3. The molecule has 238 valence electrons. The number of aryl methyl sites for hydroxylation is 1. The van der Waals surface area contributed by atoms with E-state index >= 15 is 8.78 Å². The van der Waals surface area contributed by atoms with E-state index in [1.54, 1.807) is 25.5 Å². The third-order valence-electron chi connectivity index (χ3n) is 9.41. The van der Waals surface area contributed by atoms with Gasteiger partial charge in [-0.2, -0.15) is 0 Å². The molecule has 2 saturated heterocycles. The number of hydrogen-bond acceptors (Lipinski definition) is 8. The number of pyridine rings is 3. The van der Waals surface area contributed by atoms with Crippen LogP contribution >= 0.6 is 11.6 Å². The van der Waals surface area contributed by atoms with Gasteiger partial charge in [-0.1, -0.05) is 11.6 Å². The average Bonchev–Trinajstić information content (AvgIpc) is 3.72. The molecule has 14 heteroatoms. The van der Waals surface area contributed by atoms with Crippen molar-refractivity contribution in [2.45, 2.75) is 18.9 Å². The first-order valence-corrected chi connectivity index (χ1v) is 15.2. The minimum absolute atomic E-state index is 0.00695. The van der Waals surface area contributed by atoms with Crippen LogP contribution in [0.3, 0.4) is 0 Å². The Balaban J connectivity index is 1.50. The van der Waals surface area contributed by atoms with Crippen molar-refractivity contribution < 1.29 is 28.2 Å². The predicted molar refractivity (Wildman–Crippen MR) is 168 cm³/mol. The summed E-state index contributed by atoms with van der Waals surface area (Å²) < 4.78 is 37.8. The average molecular weight is 651 g/mol. The lowest BCUT2D eigenvalue weighted by molar-refractivity contribution is 0.0694. The van der Waals surface area contributed by atoms with Crippen LogP contribution in [-0.2, 0) is 18.2 Å². The molecule has 11 nitrogen and oxygen atoms in total. The van der Waals surface area contributed by atoms with Gasteiger partial charge >= 0.3 is 12.1 Å². The van der Waals surface area contributed by atoms with Crippen molar-refractivity contribution in [3.05, 3.63) is 69.4 Å². The van der Waals surface area contributed by atoms with E-state index in [-0.39, 0.29) is 29.1 Å². The third kappa shape index (κ3) is 4.51. The number of alkyl halides is 1. The molecule has 1 N–H and O–H groups in total. The lowest BCUT2D eigenvalue weighted by Crippen LogP contribution is -2.35. The maximum atomic E-state index is 16.0. The summed E-state index contributed by atoms with van der Waals surface area (Å²) in [5.41, 5.74) is 2.29. The van der Waals surface area contributed by atoms with Crippen LogP contribution in [0.2, 0.25) is 0 Å². The highest BCUT2D eigenvalue weighted by molar-refractivity contribution is 6.17. The number of rotatable bonds is 5. The van der Waals surface area contributed by atoms with E-state index in [9.17, 15) is 19.5 Å². The molecule has 0 unspecified atom stereocenters. The number of likely N-dealkylation sites (tertiary alicyclic amines) is 1. The fraction of sp³-hybridized carbons (Fsp3) is 0.344. The number of halogens is 3. The maximum absolute atomic E-state index is 16.0. The van der Waals surface area contributed by atoms with Gasteiger partial charge in [0.1, 0.15) is 11.2 Å². The maximum Gasteiger partial charge on any atom is 0.415 e. The summed E-state index contributed by atoms with van der Waals surface area (Å²) in [6, 6.07) is 2.22. The topological polar surface area (TPSA) is 121 Å². The van der Waals surface area contributed by atoms with E-state index < -0.39 is 40.8 Å². The molecule has 2 fully saturated rings. The van der Waals surface area contributed by atoms with Crippen LogP contribution in [0, 0.1) is 17.6 Å². The number of likely N-dealkylation sites (N-methyl/N-ethyl adjacent to an activating group) is 1. The zero-order valence-corrected chi connectivity index (χ0v) is 25.9. The van der Waals surface area contributed by atoms with Crippen LogP contribution in [0.4, 0.5) is 25.0 Å². The molecule has 46 heavy (non-hydrogen) atoms. The second-order valence-electron chi connectivity index (χ2n) is 12.1. The number of nitrogens with zero attached hydrogens (tertiary/aromatic N) is 6. The van der Waals surface area contributed by atoms with Crippen molar-refractivity contribution in [3.63, 3.8) is 0 Å². The molecule has 3 aliphatic rings. The molecule has 7 rings (SSSR count). The van der Waals surface area contributed by atoms with E-state index in [2.05, 4.69) is 14.8 Å². The summed E-state index contributed by atoms with van der Waals surface area (Å²) in [6.45, 7) is 2.31. The molecule has 0 radical (unpaired) electrons. The number of amides is 1. The number of fused-ring (bicyclic) bond motifs is 5. The highest BCUT2D eigenvalue weighted by atomic mass is 35.5. The number of carbonyl (C=O) groups is 2. The van der Waals surface area contributed by atoms with Gasteiger partial charge in [0, 0.05) is 93.1 Å². The fourth-order valence-corrected chi connectivity index (χ4v) is 7.45. The van der Waals surface area contributed by atoms with Gasteiger partial charge in [-0.15, -0.1) is 0 Å². The Hall–Kier alpha value is -4.62. The summed E-state index contributed by atoms with van der Waals surface area (Å²) >= 11 is 5.60. The quantitative estimate of drug-likeness (QED) is 0.275. The number of benzene rings is 1. The SMILES string of the molecule is CN1C[C@@H]2CCN(c3c(-c4cnc5c(c4)c(=O)c(C(=O)O)cn5C)cnc4c3-c3c(F)c(F)cc(N(C)C(=O)OCCl)c3C4)[C@@H]2C1. The summed E-state index contributed by atoms with van der Waals surface area (Å²) in [4.78, 5) is 52.5. The third-order valence-corrected chi connectivity index (χ3v) is 9.52. The second kappa shape index (κ2) is 11.0. The Bertz CT molecular complexity index is 2040. The zero-order chi connectivity index (χ0) is 32.6. The second-order valence-corrected chi connectivity index (χ2v) is 12.3. The van der Waals surface area contributed by atoms with E-state index in [4.69, 9.17) is 21.3 Å². The van der Waals surface area contributed by atoms with Gasteiger partial charge in [0.05, 0.1) is 22.5 Å². The van der Waals surface area contributed by atoms with Gasteiger partial charge in [0.2, 0.25) is 5.43 Å². The summed E-state index contributed by atoms with van der Waals surface area (Å²) in [5, 5.41) is 9.75. The molecule has 4 aromatic rings. The Morgan fingerprint density at radius 1 is 1.15 bits per heavy atom. The van der Waals surface area contributed by atoms with E-state index in [1.165, 1.54) is 17.8 Å². The molecule has 1 amide bonds. The van der Waals surface area contributed by atoms with Crippen molar-refractivity contribution in [2.75, 3.05) is 49.6 Å². The van der Waals surface area contributed by atoms with Gasteiger partial charge in [0.25, 0.3) is 0 Å². The molecular formula is C32H29ClF2N6O5. The lowest BCUT2D eigenvalue weighted by Gasteiger charge is -2.31. The van der Waals surface area contributed by atoms with Crippen LogP contribution in [0.25, 0.3) is 33.3 Å². The molecule has 1 aliphatic carbocycles. The van der Waals surface area contributed by atoms with Gasteiger partial charge in [-0.3, -0.25) is 14.7 Å². The van der Waals surface area contributed by atoms with Crippen molar-refractivity contribution in [3.8, 4) is 22.3 Å². The standard InChI is InChI=1S/C32H29ClF2N6O5/c1-38-11-15-4-5-41(24(15)13-38)28-19(16-6-18-29(42)20(31(43)44)12-39(2)30(18)37-9-16)10-36-22-7-17-23(40(3)32(45)46-14-33)8-21(34)27(35)25(17)26(22)28/h6,8-10,12,15,24H,4-5,7,11,13-14H2,1-3H3,(H,43,44)/t15-,24+/m0/s1. The van der Waals surface area contributed by atoms with Crippen LogP contribution < -0.4 is 15.2 Å². The van der Waals surface area contributed by atoms with Crippen LogP contribution in [0.1, 0.15) is 28.0 Å². The Kier molecular flexibility index (Phi) is 7.20. The van der Waals surface area contributed by atoms with Crippen molar-refractivity contribution in [1.82, 2.24) is 19.4 Å². The number of carboxylic acids is 1. The fourth-order valence-electron chi connectivity index (χ4n) is 7.36. The van der Waals surface area contributed by atoms with Crippen LogP contribution in [-0.4, -0.2) is 82.4 Å². The van der Waals surface area contributed by atoms with E-state index in [0.717, 1.165) is 30.5 Å². The molecule has 2 aliphatic heterocycles. The van der Waals surface area contributed by atoms with Crippen molar-refractivity contribution >= 4 is 46.1 Å². The predicted octanol–water partition coefficient (Wildman–Crippen LogP) is 4.45. The van der Waals surface area contributed by atoms with Gasteiger partial charge in [-0.25, -0.2) is 23.4 Å². The minimum atomic E-state index is -1.36.